The first-order valence-corrected chi connectivity index (χ1v) is 9.84. The number of allylic oxidation sites excluding steroid dienone is 2. The SMILES string of the molecule is CC/C=C(\CCC)c1c(C)nc(-c2c(CC)cccc2CC)nc1OC. The second-order valence-corrected chi connectivity index (χ2v) is 6.56. The van der Waals surface area contributed by atoms with Gasteiger partial charge in [0.15, 0.2) is 5.82 Å². The van der Waals surface area contributed by atoms with Crippen LogP contribution in [0.15, 0.2) is 24.3 Å². The molecule has 1 heterocycles. The Balaban J connectivity index is 2.70. The lowest BCUT2D eigenvalue weighted by atomic mass is 9.96. The number of rotatable bonds is 8. The number of ether oxygens (including phenoxy) is 1. The minimum absolute atomic E-state index is 0.689. The Hall–Kier alpha value is -2.16. The molecule has 26 heavy (non-hydrogen) atoms. The zero-order valence-electron chi connectivity index (χ0n) is 17.1. The number of aryl methyl sites for hydroxylation is 3. The van der Waals surface area contributed by atoms with Crippen molar-refractivity contribution < 1.29 is 4.74 Å². The molecule has 0 atom stereocenters. The van der Waals surface area contributed by atoms with Crippen molar-refractivity contribution in [1.82, 2.24) is 9.97 Å². The molecular formula is C23H32N2O. The first-order chi connectivity index (χ1) is 12.6. The summed E-state index contributed by atoms with van der Waals surface area (Å²) in [7, 11) is 1.71. The van der Waals surface area contributed by atoms with Gasteiger partial charge in [0.25, 0.3) is 0 Å². The van der Waals surface area contributed by atoms with Gasteiger partial charge in [-0.05, 0) is 49.3 Å². The van der Waals surface area contributed by atoms with Gasteiger partial charge in [-0.1, -0.05) is 58.4 Å². The van der Waals surface area contributed by atoms with E-state index in [1.54, 1.807) is 7.11 Å². The minimum Gasteiger partial charge on any atom is -0.480 e. The molecule has 3 heteroatoms. The molecule has 0 saturated carbocycles. The number of nitrogens with zero attached hydrogens (tertiary/aromatic N) is 2. The summed E-state index contributed by atoms with van der Waals surface area (Å²) in [6, 6.07) is 6.48. The summed E-state index contributed by atoms with van der Waals surface area (Å²) in [5.74, 6) is 1.47. The maximum absolute atomic E-state index is 5.72. The topological polar surface area (TPSA) is 35.0 Å². The first-order valence-electron chi connectivity index (χ1n) is 9.84. The predicted molar refractivity (Wildman–Crippen MR) is 111 cm³/mol. The average Bonchev–Trinajstić information content (AvgIpc) is 2.66. The Bertz CT molecular complexity index is 756. The summed E-state index contributed by atoms with van der Waals surface area (Å²) in [6.07, 6.45) is 7.31. The van der Waals surface area contributed by atoms with Crippen molar-refractivity contribution in [2.45, 2.75) is 66.7 Å². The molecule has 1 aromatic heterocycles. The minimum atomic E-state index is 0.689. The van der Waals surface area contributed by atoms with Crippen molar-refractivity contribution in [3.8, 4) is 17.3 Å². The molecule has 0 aliphatic heterocycles. The highest BCUT2D eigenvalue weighted by atomic mass is 16.5. The molecule has 2 rings (SSSR count). The number of hydrogen-bond acceptors (Lipinski definition) is 3. The number of methoxy groups -OCH3 is 1. The van der Waals surface area contributed by atoms with E-state index >= 15 is 0 Å². The van der Waals surface area contributed by atoms with Gasteiger partial charge in [0.2, 0.25) is 5.88 Å². The largest absolute Gasteiger partial charge is 0.480 e. The van der Waals surface area contributed by atoms with Gasteiger partial charge in [-0.3, -0.25) is 0 Å². The summed E-state index contributed by atoms with van der Waals surface area (Å²) in [5, 5.41) is 0. The maximum atomic E-state index is 5.72. The highest BCUT2D eigenvalue weighted by Gasteiger charge is 2.19. The summed E-state index contributed by atoms with van der Waals surface area (Å²) in [4.78, 5) is 9.77. The molecule has 1 aromatic carbocycles. The van der Waals surface area contributed by atoms with Crippen molar-refractivity contribution in [2.24, 2.45) is 0 Å². The molecule has 0 unspecified atom stereocenters. The van der Waals surface area contributed by atoms with Crippen LogP contribution in [-0.2, 0) is 12.8 Å². The zero-order chi connectivity index (χ0) is 19.1. The van der Waals surface area contributed by atoms with E-state index in [1.165, 1.54) is 22.3 Å². The molecule has 0 saturated heterocycles. The van der Waals surface area contributed by atoms with Crippen molar-refractivity contribution >= 4 is 5.57 Å². The van der Waals surface area contributed by atoms with Gasteiger partial charge in [0, 0.05) is 5.56 Å². The van der Waals surface area contributed by atoms with Crippen molar-refractivity contribution in [2.75, 3.05) is 7.11 Å². The van der Waals surface area contributed by atoms with Crippen LogP contribution in [0.2, 0.25) is 0 Å². The third-order valence-electron chi connectivity index (χ3n) is 4.76. The van der Waals surface area contributed by atoms with Gasteiger partial charge in [-0.15, -0.1) is 0 Å². The lowest BCUT2D eigenvalue weighted by molar-refractivity contribution is 0.395. The summed E-state index contributed by atoms with van der Waals surface area (Å²) >= 11 is 0. The maximum Gasteiger partial charge on any atom is 0.224 e. The Kier molecular flexibility index (Phi) is 7.38. The van der Waals surface area contributed by atoms with Crippen LogP contribution >= 0.6 is 0 Å². The second-order valence-electron chi connectivity index (χ2n) is 6.56. The van der Waals surface area contributed by atoms with Crippen LogP contribution in [-0.4, -0.2) is 17.1 Å². The fraction of sp³-hybridized carbons (Fsp3) is 0.478. The fourth-order valence-electron chi connectivity index (χ4n) is 3.55. The van der Waals surface area contributed by atoms with Crippen molar-refractivity contribution in [1.29, 1.82) is 0 Å². The second kappa shape index (κ2) is 9.51. The van der Waals surface area contributed by atoms with E-state index in [0.717, 1.165) is 49.2 Å². The van der Waals surface area contributed by atoms with Crippen LogP contribution in [0.5, 0.6) is 5.88 Å². The summed E-state index contributed by atoms with van der Waals surface area (Å²) < 4.78 is 5.72. The molecule has 0 bridgehead atoms. The third-order valence-corrected chi connectivity index (χ3v) is 4.76. The number of hydrogen-bond donors (Lipinski definition) is 0. The normalized spacial score (nSPS) is 11.7. The van der Waals surface area contributed by atoms with Gasteiger partial charge >= 0.3 is 0 Å². The first kappa shape index (κ1) is 20.2. The Morgan fingerprint density at radius 2 is 1.69 bits per heavy atom. The highest BCUT2D eigenvalue weighted by molar-refractivity contribution is 5.73. The van der Waals surface area contributed by atoms with Crippen molar-refractivity contribution in [3.63, 3.8) is 0 Å². The van der Waals surface area contributed by atoms with Crippen LogP contribution in [0.1, 0.15) is 69.3 Å². The van der Waals surface area contributed by atoms with Crippen LogP contribution in [0, 0.1) is 6.92 Å². The molecule has 0 radical (unpaired) electrons. The lowest BCUT2D eigenvalue weighted by Gasteiger charge is -2.17. The van der Waals surface area contributed by atoms with E-state index in [0.29, 0.717) is 5.88 Å². The molecule has 3 nitrogen and oxygen atoms in total. The zero-order valence-corrected chi connectivity index (χ0v) is 17.1. The molecule has 0 fully saturated rings. The van der Waals surface area contributed by atoms with E-state index in [9.17, 15) is 0 Å². The lowest BCUT2D eigenvalue weighted by Crippen LogP contribution is -2.06. The average molecular weight is 353 g/mol. The number of benzene rings is 1. The van der Waals surface area contributed by atoms with Gasteiger partial charge in [-0.2, -0.15) is 4.98 Å². The molecule has 140 valence electrons. The van der Waals surface area contributed by atoms with E-state index < -0.39 is 0 Å². The predicted octanol–water partition coefficient (Wildman–Crippen LogP) is 6.18. The molecule has 2 aromatic rings. The van der Waals surface area contributed by atoms with Crippen LogP contribution < -0.4 is 4.74 Å². The molecular weight excluding hydrogens is 320 g/mol. The highest BCUT2D eigenvalue weighted by Crippen LogP contribution is 2.34. The van der Waals surface area contributed by atoms with E-state index in [-0.39, 0.29) is 0 Å². The summed E-state index contributed by atoms with van der Waals surface area (Å²) in [5.41, 5.74) is 7.09. The molecule has 0 amide bonds. The van der Waals surface area contributed by atoms with Crippen LogP contribution in [0.4, 0.5) is 0 Å². The van der Waals surface area contributed by atoms with E-state index in [4.69, 9.17) is 14.7 Å². The Morgan fingerprint density at radius 3 is 2.19 bits per heavy atom. The van der Waals surface area contributed by atoms with Gasteiger partial charge in [0.05, 0.1) is 18.4 Å². The molecule has 0 aliphatic rings. The Morgan fingerprint density at radius 1 is 1.04 bits per heavy atom. The number of aromatic nitrogens is 2. The van der Waals surface area contributed by atoms with E-state index in [1.807, 2.05) is 0 Å². The standard InChI is InChI=1S/C23H32N2O/c1-7-12-19(13-8-2)20-16(5)24-22(25-23(20)26-6)21-17(9-3)14-11-15-18(21)10-4/h11-12,14-15H,7-10,13H2,1-6H3/b19-12+. The van der Waals surface area contributed by atoms with Gasteiger partial charge in [0.1, 0.15) is 0 Å². The third kappa shape index (κ3) is 4.14. The summed E-state index contributed by atoms with van der Waals surface area (Å²) in [6.45, 7) is 10.8. The van der Waals surface area contributed by atoms with Crippen molar-refractivity contribution in [3.05, 3.63) is 46.7 Å². The van der Waals surface area contributed by atoms with Crippen LogP contribution in [0.3, 0.4) is 0 Å². The molecule has 0 spiro atoms. The molecule has 0 aliphatic carbocycles. The fourth-order valence-corrected chi connectivity index (χ4v) is 3.55. The van der Waals surface area contributed by atoms with Crippen LogP contribution in [0.25, 0.3) is 17.0 Å². The van der Waals surface area contributed by atoms with E-state index in [2.05, 4.69) is 58.9 Å². The van der Waals surface area contributed by atoms with Gasteiger partial charge in [-0.25, -0.2) is 4.98 Å². The monoisotopic (exact) mass is 352 g/mol. The smallest absolute Gasteiger partial charge is 0.224 e. The quantitative estimate of drug-likeness (QED) is 0.569. The Labute approximate surface area is 158 Å². The molecule has 0 N–H and O–H groups in total. The van der Waals surface area contributed by atoms with Gasteiger partial charge < -0.3 is 4.74 Å².